The Kier molecular flexibility index (Phi) is 4.52. The van der Waals surface area contributed by atoms with Crippen molar-refractivity contribution in [3.05, 3.63) is 65.4 Å². The lowest BCUT2D eigenvalue weighted by atomic mass is 10.1. The van der Waals surface area contributed by atoms with Crippen LogP contribution >= 0.6 is 0 Å². The molecular weight excluding hydrogens is 335 g/mol. The maximum Gasteiger partial charge on any atom is 0.431 e. The zero-order valence-electron chi connectivity index (χ0n) is 13.5. The molecule has 0 atom stereocenters. The highest BCUT2D eigenvalue weighted by Gasteiger charge is 2.45. The highest BCUT2D eigenvalue weighted by Crippen LogP contribution is 2.39. The monoisotopic (exact) mass is 351 g/mol. The molecule has 1 aromatic rings. The molecule has 132 valence electrons. The first-order chi connectivity index (χ1) is 11.9. The third kappa shape index (κ3) is 3.38. The Bertz CT molecular complexity index is 754. The largest absolute Gasteiger partial charge is 0.449 e. The summed E-state index contributed by atoms with van der Waals surface area (Å²) in [5, 5.41) is 0. The van der Waals surface area contributed by atoms with E-state index in [1.165, 1.54) is 6.08 Å². The molecule has 0 bridgehead atoms. The average Bonchev–Trinajstić information content (AvgIpc) is 2.97. The van der Waals surface area contributed by atoms with Crippen LogP contribution in [-0.4, -0.2) is 40.2 Å². The molecule has 25 heavy (non-hydrogen) atoms. The van der Waals surface area contributed by atoms with Gasteiger partial charge in [-0.1, -0.05) is 6.07 Å². The highest BCUT2D eigenvalue weighted by molar-refractivity contribution is 5.75. The van der Waals surface area contributed by atoms with Gasteiger partial charge in [-0.05, 0) is 37.3 Å². The summed E-state index contributed by atoms with van der Waals surface area (Å²) in [7, 11) is 0. The number of carbonyl (C=O) groups is 1. The van der Waals surface area contributed by atoms with Gasteiger partial charge in [-0.15, -0.1) is 0 Å². The number of hydrogen-bond donors (Lipinski definition) is 0. The molecule has 0 aromatic carbocycles. The summed E-state index contributed by atoms with van der Waals surface area (Å²) in [5.74, 6) is 0. The van der Waals surface area contributed by atoms with Gasteiger partial charge < -0.3 is 9.64 Å². The van der Waals surface area contributed by atoms with Crippen LogP contribution in [0.15, 0.2) is 59.7 Å². The summed E-state index contributed by atoms with van der Waals surface area (Å²) in [4.78, 5) is 18.8. The molecule has 0 spiro atoms. The number of rotatable bonds is 3. The van der Waals surface area contributed by atoms with E-state index in [0.29, 0.717) is 23.7 Å². The Labute approximate surface area is 142 Å². The van der Waals surface area contributed by atoms with Crippen LogP contribution in [0.3, 0.4) is 0 Å². The fourth-order valence-electron chi connectivity index (χ4n) is 2.76. The molecule has 5 nitrogen and oxygen atoms in total. The summed E-state index contributed by atoms with van der Waals surface area (Å²) in [5.41, 5.74) is 0.447. The van der Waals surface area contributed by atoms with Crippen LogP contribution in [-0.2, 0) is 11.3 Å². The van der Waals surface area contributed by atoms with Crippen molar-refractivity contribution in [2.45, 2.75) is 19.6 Å². The first-order valence-corrected chi connectivity index (χ1v) is 7.73. The summed E-state index contributed by atoms with van der Waals surface area (Å²) in [6.45, 7) is 2.35. The van der Waals surface area contributed by atoms with E-state index in [2.05, 4.69) is 4.98 Å². The van der Waals surface area contributed by atoms with Gasteiger partial charge in [-0.25, -0.2) is 9.69 Å². The van der Waals surface area contributed by atoms with E-state index in [0.717, 1.165) is 11.8 Å². The minimum Gasteiger partial charge on any atom is -0.449 e. The SMILES string of the molecule is CCOC(=O)N1C2=CCN(Cc3ccccn3)C2=CC=C1C(F)(F)F. The average molecular weight is 351 g/mol. The van der Waals surface area contributed by atoms with E-state index in [1.807, 2.05) is 17.0 Å². The number of allylic oxidation sites excluding steroid dienone is 3. The number of hydrogen-bond acceptors (Lipinski definition) is 4. The molecule has 2 aliphatic heterocycles. The maximum absolute atomic E-state index is 13.3. The maximum atomic E-state index is 13.3. The Morgan fingerprint density at radius 2 is 2.08 bits per heavy atom. The molecule has 2 aliphatic rings. The lowest BCUT2D eigenvalue weighted by Gasteiger charge is -2.32. The molecular formula is C17H16F3N3O2. The number of halogens is 3. The second-order valence-electron chi connectivity index (χ2n) is 5.43. The molecule has 0 aliphatic carbocycles. The predicted octanol–water partition coefficient (Wildman–Crippen LogP) is 3.58. The molecule has 8 heteroatoms. The Balaban J connectivity index is 1.91. The molecule has 1 aromatic heterocycles. The van der Waals surface area contributed by atoms with Crippen LogP contribution in [0.5, 0.6) is 0 Å². The van der Waals surface area contributed by atoms with Crippen molar-refractivity contribution in [3.8, 4) is 0 Å². The predicted molar refractivity (Wildman–Crippen MR) is 83.8 cm³/mol. The second kappa shape index (κ2) is 6.62. The summed E-state index contributed by atoms with van der Waals surface area (Å²) >= 11 is 0. The Hall–Kier alpha value is -2.77. The van der Waals surface area contributed by atoms with Gasteiger partial charge in [0.2, 0.25) is 0 Å². The minimum absolute atomic E-state index is 0.00948. The van der Waals surface area contributed by atoms with Crippen LogP contribution in [0.2, 0.25) is 0 Å². The van der Waals surface area contributed by atoms with Crippen LogP contribution in [0.1, 0.15) is 12.6 Å². The van der Waals surface area contributed by atoms with Crippen LogP contribution in [0, 0.1) is 0 Å². The van der Waals surface area contributed by atoms with Crippen molar-refractivity contribution in [1.29, 1.82) is 0 Å². The summed E-state index contributed by atoms with van der Waals surface area (Å²) in [6.07, 6.45) is -0.181. The van der Waals surface area contributed by atoms with Gasteiger partial charge in [0.05, 0.1) is 30.2 Å². The minimum atomic E-state index is -4.66. The lowest BCUT2D eigenvalue weighted by Crippen LogP contribution is -2.39. The molecule has 0 N–H and O–H groups in total. The van der Waals surface area contributed by atoms with Crippen LogP contribution in [0.4, 0.5) is 18.0 Å². The zero-order chi connectivity index (χ0) is 18.0. The Morgan fingerprint density at radius 3 is 2.72 bits per heavy atom. The van der Waals surface area contributed by atoms with Crippen molar-refractivity contribution in [3.63, 3.8) is 0 Å². The first-order valence-electron chi connectivity index (χ1n) is 7.73. The van der Waals surface area contributed by atoms with E-state index >= 15 is 0 Å². The van der Waals surface area contributed by atoms with Crippen molar-refractivity contribution < 1.29 is 22.7 Å². The van der Waals surface area contributed by atoms with Crippen LogP contribution < -0.4 is 0 Å². The molecule has 0 fully saturated rings. The second-order valence-corrected chi connectivity index (χ2v) is 5.43. The number of amides is 1. The number of fused-ring (bicyclic) bond motifs is 1. The smallest absolute Gasteiger partial charge is 0.431 e. The van der Waals surface area contributed by atoms with Gasteiger partial charge in [0, 0.05) is 12.7 Å². The van der Waals surface area contributed by atoms with Gasteiger partial charge in [-0.3, -0.25) is 4.98 Å². The number of aromatic nitrogens is 1. The van der Waals surface area contributed by atoms with Gasteiger partial charge in [0.15, 0.2) is 0 Å². The van der Waals surface area contributed by atoms with Crippen molar-refractivity contribution in [1.82, 2.24) is 14.8 Å². The topological polar surface area (TPSA) is 45.7 Å². The van der Waals surface area contributed by atoms with Crippen molar-refractivity contribution >= 4 is 6.09 Å². The normalized spacial score (nSPS) is 16.9. The third-order valence-electron chi connectivity index (χ3n) is 3.81. The first kappa shape index (κ1) is 17.1. The van der Waals surface area contributed by atoms with Gasteiger partial charge >= 0.3 is 12.3 Å². The molecule has 0 radical (unpaired) electrons. The molecule has 0 saturated heterocycles. The summed E-state index contributed by atoms with van der Waals surface area (Å²) in [6, 6.07) is 5.47. The standard InChI is InChI=1S/C17H16F3N3O2/c1-2-25-16(24)23-14-8-10-22(11-12-5-3-4-9-21-12)13(14)6-7-15(23)17(18,19)20/h3-9H,2,10-11H2,1H3. The van der Waals surface area contributed by atoms with E-state index < -0.39 is 18.0 Å². The molecule has 0 saturated carbocycles. The zero-order valence-corrected chi connectivity index (χ0v) is 13.5. The third-order valence-corrected chi connectivity index (χ3v) is 3.81. The Morgan fingerprint density at radius 1 is 1.28 bits per heavy atom. The number of nitrogens with zero attached hydrogens (tertiary/aromatic N) is 3. The van der Waals surface area contributed by atoms with Gasteiger partial charge in [0.25, 0.3) is 0 Å². The van der Waals surface area contributed by atoms with E-state index in [-0.39, 0.29) is 12.3 Å². The van der Waals surface area contributed by atoms with E-state index in [1.54, 1.807) is 25.3 Å². The van der Waals surface area contributed by atoms with E-state index in [9.17, 15) is 18.0 Å². The van der Waals surface area contributed by atoms with Crippen molar-refractivity contribution in [2.24, 2.45) is 0 Å². The lowest BCUT2D eigenvalue weighted by molar-refractivity contribution is -0.107. The molecule has 1 amide bonds. The fraction of sp³-hybridized carbons (Fsp3) is 0.294. The molecule has 3 heterocycles. The summed E-state index contributed by atoms with van der Waals surface area (Å²) < 4.78 is 44.7. The van der Waals surface area contributed by atoms with Crippen molar-refractivity contribution in [2.75, 3.05) is 13.2 Å². The van der Waals surface area contributed by atoms with E-state index in [4.69, 9.17) is 4.74 Å². The highest BCUT2D eigenvalue weighted by atomic mass is 19.4. The quantitative estimate of drug-likeness (QED) is 0.835. The van der Waals surface area contributed by atoms with Gasteiger partial charge in [0.1, 0.15) is 5.70 Å². The molecule has 3 rings (SSSR count). The van der Waals surface area contributed by atoms with Crippen LogP contribution in [0.25, 0.3) is 0 Å². The van der Waals surface area contributed by atoms with Gasteiger partial charge in [-0.2, -0.15) is 13.2 Å². The fourth-order valence-corrected chi connectivity index (χ4v) is 2.76. The number of pyridine rings is 1. The number of alkyl halides is 3. The molecule has 0 unspecified atom stereocenters. The number of carbonyl (C=O) groups excluding carboxylic acids is 1. The number of ether oxygens (including phenoxy) is 1.